The monoisotopic (exact) mass is 215 g/mol. The molecule has 0 N–H and O–H groups in total. The highest BCUT2D eigenvalue weighted by molar-refractivity contribution is 5.98. The molecule has 1 amide bonds. The van der Waals surface area contributed by atoms with Gasteiger partial charge in [-0.05, 0) is 44.0 Å². The van der Waals surface area contributed by atoms with Crippen LogP contribution < -0.4 is 0 Å². The van der Waals surface area contributed by atoms with Gasteiger partial charge in [-0.1, -0.05) is 18.2 Å². The fraction of sp³-hybridized carbons (Fsp3) is 0.357. The van der Waals surface area contributed by atoms with Crippen molar-refractivity contribution < 1.29 is 4.79 Å². The smallest absolute Gasteiger partial charge is 0.254 e. The first kappa shape index (κ1) is 10.9. The molecule has 0 fully saturated rings. The molecule has 0 radical (unpaired) electrons. The summed E-state index contributed by atoms with van der Waals surface area (Å²) in [6, 6.07) is 6.23. The fourth-order valence-corrected chi connectivity index (χ4v) is 2.03. The van der Waals surface area contributed by atoms with Gasteiger partial charge in [0.05, 0.1) is 0 Å². The molecular weight excluding hydrogens is 198 g/mol. The van der Waals surface area contributed by atoms with Crippen LogP contribution in [0.1, 0.15) is 42.3 Å². The summed E-state index contributed by atoms with van der Waals surface area (Å²) in [6.45, 7) is 10.7. The normalized spacial score (nSPS) is 14.5. The maximum atomic E-state index is 12.0. The zero-order valence-electron chi connectivity index (χ0n) is 10.1. The van der Waals surface area contributed by atoms with E-state index in [-0.39, 0.29) is 11.9 Å². The Kier molecular flexibility index (Phi) is 2.58. The molecular formula is C14H17NO. The number of hydrogen-bond acceptors (Lipinski definition) is 1. The van der Waals surface area contributed by atoms with E-state index in [1.165, 1.54) is 0 Å². The number of hydrogen-bond donors (Lipinski definition) is 0. The second-order valence-corrected chi connectivity index (χ2v) is 4.68. The predicted molar refractivity (Wildman–Crippen MR) is 66.2 cm³/mol. The van der Waals surface area contributed by atoms with Crippen LogP contribution in [0.3, 0.4) is 0 Å². The summed E-state index contributed by atoms with van der Waals surface area (Å²) in [5, 5.41) is 0. The predicted octanol–water partition coefficient (Wildman–Crippen LogP) is 3.08. The average Bonchev–Trinajstić information content (AvgIpc) is 2.55. The Morgan fingerprint density at radius 1 is 1.44 bits per heavy atom. The highest BCUT2D eigenvalue weighted by Crippen LogP contribution is 2.27. The molecule has 0 unspecified atom stereocenters. The lowest BCUT2D eigenvalue weighted by Gasteiger charge is -2.19. The third kappa shape index (κ3) is 1.64. The van der Waals surface area contributed by atoms with Crippen molar-refractivity contribution in [2.45, 2.75) is 33.4 Å². The lowest BCUT2D eigenvalue weighted by Crippen LogP contribution is -2.30. The van der Waals surface area contributed by atoms with Crippen molar-refractivity contribution in [2.75, 3.05) is 0 Å². The number of allylic oxidation sites excluding steroid dienone is 1. The lowest BCUT2D eigenvalue weighted by atomic mass is 10.0. The van der Waals surface area contributed by atoms with E-state index in [1.54, 1.807) is 0 Å². The molecule has 1 aliphatic rings. The standard InChI is InChI=1S/C14H17NO/c1-9(2)11-5-6-13-12(7-11)8-15(10(3)4)14(13)16/h5-7,10H,1,8H2,2-4H3. The van der Waals surface area contributed by atoms with Crippen molar-refractivity contribution in [1.29, 1.82) is 0 Å². The summed E-state index contributed by atoms with van der Waals surface area (Å²) < 4.78 is 0. The van der Waals surface area contributed by atoms with Gasteiger partial charge in [0, 0.05) is 18.2 Å². The number of fused-ring (bicyclic) bond motifs is 1. The zero-order valence-corrected chi connectivity index (χ0v) is 10.1. The maximum absolute atomic E-state index is 12.0. The van der Waals surface area contributed by atoms with Gasteiger partial charge >= 0.3 is 0 Å². The molecule has 2 rings (SSSR count). The van der Waals surface area contributed by atoms with Crippen LogP contribution in [0, 0.1) is 0 Å². The quantitative estimate of drug-likeness (QED) is 0.742. The van der Waals surface area contributed by atoms with Crippen LogP contribution in [0.4, 0.5) is 0 Å². The topological polar surface area (TPSA) is 20.3 Å². The van der Waals surface area contributed by atoms with Crippen molar-refractivity contribution in [2.24, 2.45) is 0 Å². The third-order valence-electron chi connectivity index (χ3n) is 3.05. The van der Waals surface area contributed by atoms with Crippen LogP contribution in [0.25, 0.3) is 5.57 Å². The molecule has 1 aromatic carbocycles. The van der Waals surface area contributed by atoms with Crippen LogP contribution in [0.5, 0.6) is 0 Å². The van der Waals surface area contributed by atoms with Crippen molar-refractivity contribution in [3.8, 4) is 0 Å². The second kappa shape index (κ2) is 3.78. The molecule has 0 atom stereocenters. The van der Waals surface area contributed by atoms with E-state index in [9.17, 15) is 4.79 Å². The van der Waals surface area contributed by atoms with Gasteiger partial charge in [-0.3, -0.25) is 4.79 Å². The van der Waals surface area contributed by atoms with E-state index in [4.69, 9.17) is 0 Å². The highest BCUT2D eigenvalue weighted by Gasteiger charge is 2.28. The number of rotatable bonds is 2. The van der Waals surface area contributed by atoms with Gasteiger partial charge in [0.25, 0.3) is 5.91 Å². The molecule has 0 saturated heterocycles. The third-order valence-corrected chi connectivity index (χ3v) is 3.05. The Morgan fingerprint density at radius 2 is 2.12 bits per heavy atom. The molecule has 0 spiro atoms. The molecule has 0 bridgehead atoms. The van der Waals surface area contributed by atoms with E-state index in [0.717, 1.165) is 28.8 Å². The van der Waals surface area contributed by atoms with Crippen molar-refractivity contribution in [3.63, 3.8) is 0 Å². The molecule has 0 aromatic heterocycles. The summed E-state index contributed by atoms with van der Waals surface area (Å²) in [5.41, 5.74) is 4.13. The molecule has 16 heavy (non-hydrogen) atoms. The van der Waals surface area contributed by atoms with Gasteiger partial charge < -0.3 is 4.90 Å². The number of carbonyl (C=O) groups is 1. The molecule has 0 saturated carbocycles. The van der Waals surface area contributed by atoms with E-state index in [2.05, 4.69) is 12.6 Å². The van der Waals surface area contributed by atoms with Crippen LogP contribution in [-0.4, -0.2) is 16.8 Å². The fourth-order valence-electron chi connectivity index (χ4n) is 2.03. The van der Waals surface area contributed by atoms with Gasteiger partial charge in [-0.15, -0.1) is 0 Å². The second-order valence-electron chi connectivity index (χ2n) is 4.68. The first-order valence-corrected chi connectivity index (χ1v) is 5.60. The molecule has 1 aliphatic heterocycles. The van der Waals surface area contributed by atoms with Crippen LogP contribution >= 0.6 is 0 Å². The van der Waals surface area contributed by atoms with Crippen molar-refractivity contribution in [1.82, 2.24) is 4.90 Å². The minimum absolute atomic E-state index is 0.151. The minimum Gasteiger partial charge on any atom is -0.332 e. The Morgan fingerprint density at radius 3 is 2.69 bits per heavy atom. The Labute approximate surface area is 96.6 Å². The van der Waals surface area contributed by atoms with E-state index in [0.29, 0.717) is 0 Å². The largest absolute Gasteiger partial charge is 0.332 e. The molecule has 1 heterocycles. The minimum atomic E-state index is 0.151. The van der Waals surface area contributed by atoms with Crippen LogP contribution in [-0.2, 0) is 6.54 Å². The van der Waals surface area contributed by atoms with E-state index < -0.39 is 0 Å². The number of nitrogens with zero attached hydrogens (tertiary/aromatic N) is 1. The summed E-state index contributed by atoms with van der Waals surface area (Å²) in [4.78, 5) is 13.9. The van der Waals surface area contributed by atoms with Gasteiger partial charge in [-0.2, -0.15) is 0 Å². The summed E-state index contributed by atoms with van der Waals surface area (Å²) in [6.07, 6.45) is 0. The molecule has 2 nitrogen and oxygen atoms in total. The van der Waals surface area contributed by atoms with Crippen LogP contribution in [0.2, 0.25) is 0 Å². The lowest BCUT2D eigenvalue weighted by molar-refractivity contribution is 0.0730. The van der Waals surface area contributed by atoms with Crippen molar-refractivity contribution >= 4 is 11.5 Å². The average molecular weight is 215 g/mol. The molecule has 84 valence electrons. The van der Waals surface area contributed by atoms with Crippen LogP contribution in [0.15, 0.2) is 24.8 Å². The summed E-state index contributed by atoms with van der Waals surface area (Å²) >= 11 is 0. The van der Waals surface area contributed by atoms with Crippen molar-refractivity contribution in [3.05, 3.63) is 41.5 Å². The SMILES string of the molecule is C=C(C)c1ccc2c(c1)CN(C(C)C)C2=O. The summed E-state index contributed by atoms with van der Waals surface area (Å²) in [7, 11) is 0. The Hall–Kier alpha value is -1.57. The Bertz CT molecular complexity index is 460. The number of amides is 1. The Balaban J connectivity index is 2.40. The first-order chi connectivity index (χ1) is 7.50. The maximum Gasteiger partial charge on any atom is 0.254 e. The highest BCUT2D eigenvalue weighted by atomic mass is 16.2. The van der Waals surface area contributed by atoms with E-state index >= 15 is 0 Å². The first-order valence-electron chi connectivity index (χ1n) is 5.60. The number of carbonyl (C=O) groups excluding carboxylic acids is 1. The number of benzene rings is 1. The van der Waals surface area contributed by atoms with Gasteiger partial charge in [-0.25, -0.2) is 0 Å². The van der Waals surface area contributed by atoms with E-state index in [1.807, 2.05) is 37.8 Å². The van der Waals surface area contributed by atoms with Gasteiger partial charge in [0.15, 0.2) is 0 Å². The molecule has 1 aromatic rings. The zero-order chi connectivity index (χ0) is 11.9. The van der Waals surface area contributed by atoms with Gasteiger partial charge in [0.1, 0.15) is 0 Å². The molecule has 2 heteroatoms. The molecule has 0 aliphatic carbocycles. The van der Waals surface area contributed by atoms with Gasteiger partial charge in [0.2, 0.25) is 0 Å². The summed E-state index contributed by atoms with van der Waals surface area (Å²) in [5.74, 6) is 0.151.